The first-order valence-electron chi connectivity index (χ1n) is 18.7. The molecule has 5 nitrogen and oxygen atoms in total. The van der Waals surface area contributed by atoms with Gasteiger partial charge in [-0.05, 0) is 80.6 Å². The molecular weight excluding hydrogens is 599 g/mol. The lowest BCUT2D eigenvalue weighted by Crippen LogP contribution is -2.56. The van der Waals surface area contributed by atoms with Crippen LogP contribution in [0.3, 0.4) is 0 Å². The van der Waals surface area contributed by atoms with Crippen molar-refractivity contribution in [2.75, 3.05) is 4.90 Å². The molecule has 0 radical (unpaired) electrons. The fourth-order valence-corrected chi connectivity index (χ4v) is 9.88. The third-order valence-corrected chi connectivity index (χ3v) is 12.0. The average molecular weight is 644 g/mol. The zero-order valence-electron chi connectivity index (χ0n) is 28.4. The van der Waals surface area contributed by atoms with Crippen LogP contribution in [0.15, 0.2) is 126 Å². The molecule has 0 saturated heterocycles. The number of aromatic nitrogens is 1. The van der Waals surface area contributed by atoms with Crippen molar-refractivity contribution < 1.29 is 0 Å². The molecule has 1 aromatic heterocycles. The Kier molecular flexibility index (Phi) is 7.04. The van der Waals surface area contributed by atoms with Crippen molar-refractivity contribution in [3.8, 4) is 0 Å². The molecule has 246 valence electrons. The van der Waals surface area contributed by atoms with Gasteiger partial charge in [0, 0.05) is 39.7 Å². The number of para-hydroxylation sites is 2. The molecule has 2 aliphatic heterocycles. The number of nitrogens with one attached hydrogen (secondary N) is 2. The largest absolute Gasteiger partial charge is 0.354 e. The van der Waals surface area contributed by atoms with Gasteiger partial charge in [-0.25, -0.2) is 4.99 Å². The average Bonchev–Trinajstić information content (AvgIpc) is 3.70. The molecule has 3 aromatic carbocycles. The summed E-state index contributed by atoms with van der Waals surface area (Å²) in [5, 5.41) is 9.29. The van der Waals surface area contributed by atoms with Gasteiger partial charge in [-0.15, -0.1) is 0 Å². The van der Waals surface area contributed by atoms with Crippen LogP contribution in [0.25, 0.3) is 16.5 Å². The zero-order valence-corrected chi connectivity index (χ0v) is 28.4. The number of fused-ring (bicyclic) bond motifs is 9. The van der Waals surface area contributed by atoms with Crippen LogP contribution in [-0.4, -0.2) is 16.6 Å². The summed E-state index contributed by atoms with van der Waals surface area (Å²) in [5.41, 5.74) is 12.6. The van der Waals surface area contributed by atoms with Gasteiger partial charge in [-0.2, -0.15) is 0 Å². The first kappa shape index (κ1) is 29.3. The molecule has 4 aliphatic carbocycles. The van der Waals surface area contributed by atoms with Crippen LogP contribution >= 0.6 is 0 Å². The van der Waals surface area contributed by atoms with Crippen molar-refractivity contribution in [3.05, 3.63) is 143 Å². The van der Waals surface area contributed by atoms with Crippen molar-refractivity contribution in [2.45, 2.75) is 82.7 Å². The van der Waals surface area contributed by atoms with Gasteiger partial charge < -0.3 is 14.8 Å². The predicted molar refractivity (Wildman–Crippen MR) is 201 cm³/mol. The maximum atomic E-state index is 5.58. The van der Waals surface area contributed by atoms with Crippen LogP contribution < -0.4 is 15.5 Å². The summed E-state index contributed by atoms with van der Waals surface area (Å²) in [6.45, 7) is 2.40. The second-order valence-electron chi connectivity index (χ2n) is 14.9. The van der Waals surface area contributed by atoms with E-state index in [4.69, 9.17) is 4.99 Å². The van der Waals surface area contributed by atoms with Gasteiger partial charge >= 0.3 is 0 Å². The molecule has 6 unspecified atom stereocenters. The molecule has 10 rings (SSSR count). The van der Waals surface area contributed by atoms with E-state index in [9.17, 15) is 0 Å². The van der Waals surface area contributed by atoms with Crippen molar-refractivity contribution in [3.63, 3.8) is 0 Å². The number of nitrogens with zero attached hydrogens (tertiary/aromatic N) is 3. The monoisotopic (exact) mass is 643 g/mol. The minimum atomic E-state index is -0.259. The van der Waals surface area contributed by atoms with Crippen molar-refractivity contribution >= 4 is 28.0 Å². The van der Waals surface area contributed by atoms with Gasteiger partial charge in [-0.1, -0.05) is 110 Å². The van der Waals surface area contributed by atoms with E-state index in [0.29, 0.717) is 17.8 Å². The molecule has 0 fully saturated rings. The summed E-state index contributed by atoms with van der Waals surface area (Å²) in [7, 11) is 0. The van der Waals surface area contributed by atoms with E-state index >= 15 is 0 Å². The van der Waals surface area contributed by atoms with E-state index in [2.05, 4.69) is 136 Å². The van der Waals surface area contributed by atoms with E-state index in [1.165, 1.54) is 76.8 Å². The lowest BCUT2D eigenvalue weighted by Gasteiger charge is -2.42. The standard InChI is InChI=1S/C44H45N5/c1-28-15-14-20-31(27-28)48-36-25-12-10-23-34(36)38-32-21-8-9-22-33(32)39-35-24-11-13-26-37(35)49(41(39)40(38)48)44-46-42(29-16-4-2-5-17-29)45-43(47-44)30-18-6-3-7-19-30/h2,4-6,9-13,16-18,22-28,30,38,40,43-44,47H,3,7-8,14-15,19-21H2,1H3,(H,45,46). The molecule has 3 heterocycles. The molecule has 5 heteroatoms. The molecule has 4 aromatic rings. The molecular formula is C44H45N5. The number of hydrogen-bond acceptors (Lipinski definition) is 4. The summed E-state index contributed by atoms with van der Waals surface area (Å²) in [6, 6.07) is 29.3. The van der Waals surface area contributed by atoms with E-state index in [0.717, 1.165) is 30.7 Å². The first-order valence-corrected chi connectivity index (χ1v) is 18.7. The van der Waals surface area contributed by atoms with Gasteiger partial charge in [0.25, 0.3) is 0 Å². The quantitative estimate of drug-likeness (QED) is 0.218. The van der Waals surface area contributed by atoms with Crippen LogP contribution in [-0.2, 0) is 0 Å². The van der Waals surface area contributed by atoms with Crippen LogP contribution in [0.2, 0.25) is 0 Å². The number of anilines is 1. The van der Waals surface area contributed by atoms with E-state index < -0.39 is 0 Å². The Hall–Kier alpha value is -4.61. The smallest absolute Gasteiger partial charge is 0.184 e. The van der Waals surface area contributed by atoms with Crippen molar-refractivity contribution in [1.82, 2.24) is 15.2 Å². The Bertz CT molecular complexity index is 2090. The Morgan fingerprint density at radius 1 is 0.837 bits per heavy atom. The van der Waals surface area contributed by atoms with E-state index in [1.54, 1.807) is 5.57 Å². The molecule has 2 N–H and O–H groups in total. The molecule has 0 bridgehead atoms. The maximum absolute atomic E-state index is 5.58. The topological polar surface area (TPSA) is 44.6 Å². The van der Waals surface area contributed by atoms with Crippen LogP contribution in [0.5, 0.6) is 0 Å². The molecule has 0 spiro atoms. The highest BCUT2D eigenvalue weighted by Crippen LogP contribution is 2.62. The lowest BCUT2D eigenvalue weighted by molar-refractivity contribution is 0.263. The van der Waals surface area contributed by atoms with Crippen molar-refractivity contribution in [2.24, 2.45) is 16.8 Å². The Morgan fingerprint density at radius 2 is 1.69 bits per heavy atom. The lowest BCUT2D eigenvalue weighted by atomic mass is 9.72. The molecule has 0 amide bonds. The minimum absolute atomic E-state index is 0.0774. The van der Waals surface area contributed by atoms with Crippen LogP contribution in [0.1, 0.15) is 98.9 Å². The minimum Gasteiger partial charge on any atom is -0.354 e. The number of rotatable bonds is 4. The van der Waals surface area contributed by atoms with Crippen LogP contribution in [0.4, 0.5) is 5.69 Å². The van der Waals surface area contributed by atoms with E-state index in [-0.39, 0.29) is 18.5 Å². The highest BCUT2D eigenvalue weighted by molar-refractivity contribution is 6.02. The number of amidine groups is 1. The SMILES string of the molecule is CC1C=C(N2c3ccccc3C3C4=C(C=CCC4)c4c(n(C5N=C(c6ccccc6)NC(C6C=CCCC6)N5)c5ccccc45)C32)CCC1. The maximum Gasteiger partial charge on any atom is 0.184 e. The molecule has 49 heavy (non-hydrogen) atoms. The third kappa shape index (κ3) is 4.65. The fourth-order valence-electron chi connectivity index (χ4n) is 9.88. The summed E-state index contributed by atoms with van der Waals surface area (Å²) < 4.78 is 2.61. The summed E-state index contributed by atoms with van der Waals surface area (Å²) >= 11 is 0. The summed E-state index contributed by atoms with van der Waals surface area (Å²) in [6.07, 6.45) is 21.5. The second kappa shape index (κ2) is 11.8. The summed E-state index contributed by atoms with van der Waals surface area (Å²) in [4.78, 5) is 8.35. The number of hydrogen-bond donors (Lipinski definition) is 2. The third-order valence-electron chi connectivity index (χ3n) is 12.0. The van der Waals surface area contributed by atoms with Crippen molar-refractivity contribution in [1.29, 1.82) is 0 Å². The number of aliphatic imine (C=N–C) groups is 1. The second-order valence-corrected chi connectivity index (χ2v) is 14.9. The van der Waals surface area contributed by atoms with Gasteiger partial charge in [0.05, 0.1) is 23.4 Å². The van der Waals surface area contributed by atoms with Gasteiger partial charge in [0.15, 0.2) is 6.29 Å². The Morgan fingerprint density at radius 3 is 2.57 bits per heavy atom. The highest BCUT2D eigenvalue weighted by atomic mass is 15.4. The Balaban J connectivity index is 1.24. The number of benzene rings is 3. The molecule has 0 saturated carbocycles. The van der Waals surface area contributed by atoms with Gasteiger partial charge in [0.2, 0.25) is 0 Å². The Labute approximate surface area is 289 Å². The van der Waals surface area contributed by atoms with E-state index in [1.807, 2.05) is 0 Å². The normalized spacial score (nSPS) is 28.7. The fraction of sp³-hybridized carbons (Fsp3) is 0.341. The zero-order chi connectivity index (χ0) is 32.5. The first-order chi connectivity index (χ1) is 24.2. The van der Waals surface area contributed by atoms with Gasteiger partial charge in [0.1, 0.15) is 5.84 Å². The van der Waals surface area contributed by atoms with Gasteiger partial charge in [-0.3, -0.25) is 5.32 Å². The summed E-state index contributed by atoms with van der Waals surface area (Å²) in [5.74, 6) is 2.26. The molecule has 6 aliphatic rings. The predicted octanol–water partition coefficient (Wildman–Crippen LogP) is 9.89. The molecule has 6 atom stereocenters. The van der Waals surface area contributed by atoms with Crippen LogP contribution in [0, 0.1) is 11.8 Å². The number of allylic oxidation sites excluding steroid dienone is 6. The highest BCUT2D eigenvalue weighted by Gasteiger charge is 2.50.